The highest BCUT2D eigenvalue weighted by molar-refractivity contribution is 7.78. The van der Waals surface area contributed by atoms with Crippen LogP contribution in [0.15, 0.2) is 41.1 Å². The van der Waals surface area contributed by atoms with E-state index in [2.05, 4.69) is 33.8 Å². The van der Waals surface area contributed by atoms with Gasteiger partial charge in [0.25, 0.3) is 0 Å². The molecule has 0 aliphatic heterocycles. The van der Waals surface area contributed by atoms with E-state index in [9.17, 15) is 0 Å². The van der Waals surface area contributed by atoms with Crippen molar-refractivity contribution in [3.05, 3.63) is 36.1 Å². The molecule has 0 saturated carbocycles. The number of hydrogen-bond donors (Lipinski definition) is 0. The van der Waals surface area contributed by atoms with Crippen molar-refractivity contribution in [2.45, 2.75) is 0 Å². The van der Waals surface area contributed by atoms with Crippen LogP contribution in [0.1, 0.15) is 0 Å². The zero-order chi connectivity index (χ0) is 7.94. The zero-order valence-corrected chi connectivity index (χ0v) is 6.56. The average molecular weight is 159 g/mol. The summed E-state index contributed by atoms with van der Waals surface area (Å²) in [6.07, 6.45) is 0. The van der Waals surface area contributed by atoms with Gasteiger partial charge in [-0.1, -0.05) is 18.2 Å². The van der Waals surface area contributed by atoms with E-state index in [1.54, 1.807) is 0 Å². The number of nitrogens with zero attached hydrogens (tertiary/aromatic N) is 1. The first-order chi connectivity index (χ1) is 5.43. The van der Waals surface area contributed by atoms with Gasteiger partial charge in [0.05, 0.1) is 5.69 Å². The van der Waals surface area contributed by atoms with E-state index in [0.29, 0.717) is 0 Å². The van der Waals surface area contributed by atoms with Crippen molar-refractivity contribution in [3.8, 4) is 0 Å². The molecule has 11 heavy (non-hydrogen) atoms. The van der Waals surface area contributed by atoms with Crippen molar-refractivity contribution in [2.24, 2.45) is 4.99 Å². The van der Waals surface area contributed by atoms with Crippen LogP contribution in [0.2, 0.25) is 0 Å². The summed E-state index contributed by atoms with van der Waals surface area (Å²) in [6.45, 7) is 0. The molecule has 0 fully saturated rings. The quantitative estimate of drug-likeness (QED) is 0.348. The highest BCUT2D eigenvalue weighted by Gasteiger charge is 1.79. The molecule has 0 aromatic heterocycles. The van der Waals surface area contributed by atoms with E-state index in [1.165, 1.54) is 0 Å². The summed E-state index contributed by atoms with van der Waals surface area (Å²) in [5.41, 5.74) is 3.28. The van der Waals surface area contributed by atoms with Crippen molar-refractivity contribution in [2.75, 3.05) is 0 Å². The van der Waals surface area contributed by atoms with E-state index in [-0.39, 0.29) is 0 Å². The lowest BCUT2D eigenvalue weighted by Crippen LogP contribution is -1.59. The number of rotatable bonds is 1. The van der Waals surface area contributed by atoms with Gasteiger partial charge in [-0.05, 0) is 24.4 Å². The number of hydrogen-bond acceptors (Lipinski definition) is 2. The molecule has 0 saturated heterocycles. The topological polar surface area (TPSA) is 12.4 Å². The fourth-order valence-electron chi connectivity index (χ4n) is 0.618. The minimum absolute atomic E-state index is 0.838. The van der Waals surface area contributed by atoms with Gasteiger partial charge in [-0.25, -0.2) is 0 Å². The van der Waals surface area contributed by atoms with Gasteiger partial charge in [-0.3, -0.25) is 0 Å². The van der Waals surface area contributed by atoms with Gasteiger partial charge in [0, 0.05) is 16.6 Å². The third-order valence-electron chi connectivity index (χ3n) is 1.05. The molecule has 0 amide bonds. The van der Waals surface area contributed by atoms with Crippen LogP contribution in [-0.2, 0) is 0 Å². The summed E-state index contributed by atoms with van der Waals surface area (Å²) in [5.74, 6) is 2.51. The fourth-order valence-corrected chi connectivity index (χ4v) is 0.663. The molecule has 1 aromatic rings. The summed E-state index contributed by atoms with van der Waals surface area (Å²) >= 11 is 4.38. The van der Waals surface area contributed by atoms with Crippen molar-refractivity contribution < 1.29 is 0 Å². The molecule has 0 aliphatic carbocycles. The van der Waals surface area contributed by atoms with E-state index < -0.39 is 0 Å². The molecular formula is C9H5NS. The molecule has 2 heteroatoms. The maximum atomic E-state index is 4.38. The molecule has 1 rings (SSSR count). The van der Waals surface area contributed by atoms with Gasteiger partial charge in [-0.15, -0.1) is 0 Å². The molecular weight excluding hydrogens is 154 g/mol. The van der Waals surface area contributed by atoms with Gasteiger partial charge < -0.3 is 0 Å². The lowest BCUT2D eigenvalue weighted by atomic mass is 10.3. The van der Waals surface area contributed by atoms with Crippen LogP contribution in [-0.4, -0.2) is 10.9 Å². The Balaban J connectivity index is 2.98. The first kappa shape index (κ1) is 7.68. The van der Waals surface area contributed by atoms with Gasteiger partial charge in [-0.2, -0.15) is 4.99 Å². The molecule has 0 atom stereocenters. The monoisotopic (exact) mass is 159 g/mol. The largest absolute Gasteiger partial charge is 0.197 e. The summed E-state index contributed by atoms with van der Waals surface area (Å²) in [6, 6.07) is 9.48. The first-order valence-corrected chi connectivity index (χ1v) is 3.47. The lowest BCUT2D eigenvalue weighted by molar-refractivity contribution is 1.55. The second-order valence-corrected chi connectivity index (χ2v) is 1.99. The average Bonchev–Trinajstić information content (AvgIpc) is 2.07. The predicted molar refractivity (Wildman–Crippen MR) is 49.6 cm³/mol. The maximum absolute atomic E-state index is 4.38. The molecule has 0 radical (unpaired) electrons. The van der Waals surface area contributed by atoms with Crippen LogP contribution in [0.3, 0.4) is 0 Å². The first-order valence-electron chi connectivity index (χ1n) is 3.06. The van der Waals surface area contributed by atoms with Gasteiger partial charge in [0.1, 0.15) is 0 Å². The molecule has 1 aromatic carbocycles. The van der Waals surface area contributed by atoms with E-state index in [1.807, 2.05) is 30.3 Å². The van der Waals surface area contributed by atoms with Crippen molar-refractivity contribution in [1.82, 2.24) is 0 Å². The predicted octanol–water partition coefficient (Wildman–Crippen LogP) is 2.30. The number of aliphatic imine (C=N–C) groups is 1. The minimum atomic E-state index is 0.838. The van der Waals surface area contributed by atoms with Crippen molar-refractivity contribution in [3.63, 3.8) is 0 Å². The lowest BCUT2D eigenvalue weighted by Gasteiger charge is -1.84. The zero-order valence-electron chi connectivity index (χ0n) is 5.74. The van der Waals surface area contributed by atoms with E-state index in [0.717, 1.165) is 5.69 Å². The summed E-state index contributed by atoms with van der Waals surface area (Å²) < 4.78 is 0. The van der Waals surface area contributed by atoms with Gasteiger partial charge in [0.2, 0.25) is 0 Å². The van der Waals surface area contributed by atoms with E-state index in [4.69, 9.17) is 0 Å². The molecule has 0 spiro atoms. The summed E-state index contributed by atoms with van der Waals surface area (Å²) in [7, 11) is 0. The van der Waals surface area contributed by atoms with Crippen LogP contribution >= 0.6 is 12.2 Å². The highest BCUT2D eigenvalue weighted by Crippen LogP contribution is 2.07. The van der Waals surface area contributed by atoms with Crippen LogP contribution in [0.25, 0.3) is 0 Å². The third kappa shape index (κ3) is 2.77. The Morgan fingerprint density at radius 3 is 2.55 bits per heavy atom. The number of thiocarbonyl (C=S) groups is 1. The second kappa shape index (κ2) is 4.40. The minimum Gasteiger partial charge on any atom is -0.197 e. The van der Waals surface area contributed by atoms with Crippen LogP contribution in [0.4, 0.5) is 5.69 Å². The van der Waals surface area contributed by atoms with Gasteiger partial charge >= 0.3 is 0 Å². The SMILES string of the molecule is S=C=C=C=Nc1ccccc1. The molecule has 0 heterocycles. The summed E-state index contributed by atoms with van der Waals surface area (Å²) in [5, 5.41) is 2.27. The Morgan fingerprint density at radius 2 is 1.91 bits per heavy atom. The van der Waals surface area contributed by atoms with Crippen molar-refractivity contribution in [1.29, 1.82) is 0 Å². The number of benzene rings is 1. The molecule has 1 nitrogen and oxygen atoms in total. The maximum Gasteiger partial charge on any atom is 0.0737 e. The highest BCUT2D eigenvalue weighted by atomic mass is 32.1. The smallest absolute Gasteiger partial charge is 0.0737 e. The molecule has 52 valence electrons. The molecule has 0 N–H and O–H groups in total. The normalized spacial score (nSPS) is 7.27. The fraction of sp³-hybridized carbons (Fsp3) is 0. The Kier molecular flexibility index (Phi) is 3.08. The Labute approximate surface area is 70.4 Å². The van der Waals surface area contributed by atoms with Gasteiger partial charge in [0.15, 0.2) is 0 Å². The van der Waals surface area contributed by atoms with Crippen LogP contribution < -0.4 is 0 Å². The molecule has 0 aliphatic rings. The summed E-state index contributed by atoms with van der Waals surface area (Å²) in [4.78, 5) is 3.91. The van der Waals surface area contributed by atoms with Crippen LogP contribution in [0, 0.1) is 0 Å². The Morgan fingerprint density at radius 1 is 1.18 bits per heavy atom. The van der Waals surface area contributed by atoms with E-state index >= 15 is 0 Å². The number of para-hydroxylation sites is 1. The Hall–Kier alpha value is -1.42. The second-order valence-electron chi connectivity index (χ2n) is 1.79. The van der Waals surface area contributed by atoms with Crippen molar-refractivity contribution >= 4 is 28.8 Å². The standard InChI is InChI=1S/C9H5NS/c11-8-4-7-10-9-5-2-1-3-6-9/h1-3,5-6H. The molecule has 0 unspecified atom stereocenters. The van der Waals surface area contributed by atoms with Crippen LogP contribution in [0.5, 0.6) is 0 Å². The molecule has 0 bridgehead atoms. The third-order valence-corrected chi connectivity index (χ3v) is 1.15. The Bertz CT molecular complexity index is 337.